The first-order valence-corrected chi connectivity index (χ1v) is 7.90. The lowest BCUT2D eigenvalue weighted by atomic mass is 9.90. The summed E-state index contributed by atoms with van der Waals surface area (Å²) in [6.07, 6.45) is 1.06. The molecule has 2 nitrogen and oxygen atoms in total. The van der Waals surface area contributed by atoms with Crippen molar-refractivity contribution in [1.29, 1.82) is 0 Å². The Morgan fingerprint density at radius 1 is 1.30 bits per heavy atom. The Kier molecular flexibility index (Phi) is 3.72. The SMILES string of the molecule is CC(=O)CN1CCc2sccc2C1c1ccccc1C. The average molecular weight is 285 g/mol. The molecule has 3 rings (SSSR count). The van der Waals surface area contributed by atoms with Crippen LogP contribution in [0, 0.1) is 6.92 Å². The van der Waals surface area contributed by atoms with Gasteiger partial charge in [-0.2, -0.15) is 0 Å². The van der Waals surface area contributed by atoms with Crippen LogP contribution >= 0.6 is 11.3 Å². The number of ketones is 1. The fourth-order valence-electron chi connectivity index (χ4n) is 3.08. The fraction of sp³-hybridized carbons (Fsp3) is 0.353. The lowest BCUT2D eigenvalue weighted by Crippen LogP contribution is -2.38. The first-order chi connectivity index (χ1) is 9.66. The van der Waals surface area contributed by atoms with Crippen LogP contribution in [0.1, 0.15) is 34.5 Å². The van der Waals surface area contributed by atoms with Crippen LogP contribution in [0.2, 0.25) is 0 Å². The van der Waals surface area contributed by atoms with Crippen molar-refractivity contribution >= 4 is 17.1 Å². The molecule has 1 atom stereocenters. The van der Waals surface area contributed by atoms with E-state index in [4.69, 9.17) is 0 Å². The zero-order chi connectivity index (χ0) is 14.1. The summed E-state index contributed by atoms with van der Waals surface area (Å²) in [6, 6.07) is 11.0. The van der Waals surface area contributed by atoms with Gasteiger partial charge in [-0.15, -0.1) is 11.3 Å². The maximum atomic E-state index is 11.6. The van der Waals surface area contributed by atoms with E-state index in [0.717, 1.165) is 13.0 Å². The highest BCUT2D eigenvalue weighted by Gasteiger charge is 2.30. The normalized spacial score (nSPS) is 18.8. The standard InChI is InChI=1S/C17H19NOS/c1-12-5-3-4-6-14(12)17-15-8-10-20-16(15)7-9-18(17)11-13(2)19/h3-6,8,10,17H,7,9,11H2,1-2H3. The lowest BCUT2D eigenvalue weighted by molar-refractivity contribution is -0.118. The first kappa shape index (κ1) is 13.5. The minimum atomic E-state index is 0.232. The predicted octanol–water partition coefficient (Wildman–Crippen LogP) is 3.59. The van der Waals surface area contributed by atoms with Crippen LogP contribution in [-0.2, 0) is 11.2 Å². The molecular formula is C17H19NOS. The quantitative estimate of drug-likeness (QED) is 0.859. The van der Waals surface area contributed by atoms with Crippen molar-refractivity contribution < 1.29 is 4.79 Å². The molecule has 1 aliphatic rings. The van der Waals surface area contributed by atoms with Crippen molar-refractivity contribution in [2.45, 2.75) is 26.3 Å². The van der Waals surface area contributed by atoms with Gasteiger partial charge in [0, 0.05) is 11.4 Å². The number of aryl methyl sites for hydroxylation is 1. The molecule has 0 bridgehead atoms. The summed E-state index contributed by atoms with van der Waals surface area (Å²) in [6.45, 7) is 5.33. The van der Waals surface area contributed by atoms with Gasteiger partial charge in [0.15, 0.2) is 0 Å². The first-order valence-electron chi connectivity index (χ1n) is 7.02. The monoisotopic (exact) mass is 285 g/mol. The molecule has 0 N–H and O–H groups in total. The van der Waals surface area contributed by atoms with E-state index in [1.165, 1.54) is 21.6 Å². The molecule has 3 heteroatoms. The number of hydrogen-bond acceptors (Lipinski definition) is 3. The fourth-order valence-corrected chi connectivity index (χ4v) is 3.99. The van der Waals surface area contributed by atoms with Crippen LogP contribution in [0.4, 0.5) is 0 Å². The van der Waals surface area contributed by atoms with Crippen LogP contribution in [0.3, 0.4) is 0 Å². The van der Waals surface area contributed by atoms with E-state index in [2.05, 4.69) is 47.5 Å². The smallest absolute Gasteiger partial charge is 0.143 e. The van der Waals surface area contributed by atoms with E-state index >= 15 is 0 Å². The summed E-state index contributed by atoms with van der Waals surface area (Å²) in [5.41, 5.74) is 4.01. The maximum absolute atomic E-state index is 11.6. The Balaban J connectivity index is 2.07. The molecule has 0 aliphatic carbocycles. The summed E-state index contributed by atoms with van der Waals surface area (Å²) in [7, 11) is 0. The zero-order valence-electron chi connectivity index (χ0n) is 11.9. The third-order valence-electron chi connectivity index (χ3n) is 3.97. The highest BCUT2D eigenvalue weighted by atomic mass is 32.1. The van der Waals surface area contributed by atoms with E-state index < -0.39 is 0 Å². The molecule has 1 aromatic heterocycles. The van der Waals surface area contributed by atoms with Crippen molar-refractivity contribution in [3.05, 3.63) is 57.3 Å². The number of benzene rings is 1. The van der Waals surface area contributed by atoms with Gasteiger partial charge in [0.1, 0.15) is 5.78 Å². The van der Waals surface area contributed by atoms with E-state index in [1.807, 2.05) is 11.3 Å². The van der Waals surface area contributed by atoms with Crippen LogP contribution < -0.4 is 0 Å². The maximum Gasteiger partial charge on any atom is 0.143 e. The largest absolute Gasteiger partial charge is 0.299 e. The predicted molar refractivity (Wildman–Crippen MR) is 83.3 cm³/mol. The molecule has 1 aromatic carbocycles. The van der Waals surface area contributed by atoms with Crippen molar-refractivity contribution in [3.8, 4) is 0 Å². The van der Waals surface area contributed by atoms with Gasteiger partial charge in [-0.25, -0.2) is 0 Å². The van der Waals surface area contributed by atoms with E-state index in [0.29, 0.717) is 6.54 Å². The molecule has 1 aliphatic heterocycles. The molecule has 0 saturated heterocycles. The van der Waals surface area contributed by atoms with Crippen LogP contribution in [-0.4, -0.2) is 23.8 Å². The molecule has 104 valence electrons. The van der Waals surface area contributed by atoms with Crippen molar-refractivity contribution in [3.63, 3.8) is 0 Å². The van der Waals surface area contributed by atoms with Crippen molar-refractivity contribution in [1.82, 2.24) is 4.90 Å². The number of thiophene rings is 1. The van der Waals surface area contributed by atoms with Gasteiger partial charge in [-0.1, -0.05) is 24.3 Å². The van der Waals surface area contributed by atoms with Crippen LogP contribution in [0.5, 0.6) is 0 Å². The van der Waals surface area contributed by atoms with E-state index in [-0.39, 0.29) is 11.8 Å². The Morgan fingerprint density at radius 3 is 2.85 bits per heavy atom. The number of nitrogens with zero attached hydrogens (tertiary/aromatic N) is 1. The molecular weight excluding hydrogens is 266 g/mol. The molecule has 1 unspecified atom stereocenters. The molecule has 0 amide bonds. The molecule has 0 saturated carbocycles. The highest BCUT2D eigenvalue weighted by Crippen LogP contribution is 2.38. The second kappa shape index (κ2) is 5.51. The van der Waals surface area contributed by atoms with Gasteiger partial charge in [0.25, 0.3) is 0 Å². The van der Waals surface area contributed by atoms with Crippen LogP contribution in [0.25, 0.3) is 0 Å². The summed E-state index contributed by atoms with van der Waals surface area (Å²) in [5.74, 6) is 0.238. The van der Waals surface area contributed by atoms with Gasteiger partial charge in [-0.3, -0.25) is 9.69 Å². The molecule has 20 heavy (non-hydrogen) atoms. The van der Waals surface area contributed by atoms with Gasteiger partial charge < -0.3 is 0 Å². The number of rotatable bonds is 3. The molecule has 0 spiro atoms. The zero-order valence-corrected chi connectivity index (χ0v) is 12.7. The van der Waals surface area contributed by atoms with Gasteiger partial charge in [0.05, 0.1) is 12.6 Å². The topological polar surface area (TPSA) is 20.3 Å². The Bertz CT molecular complexity index is 631. The molecule has 0 radical (unpaired) electrons. The molecule has 2 heterocycles. The second-order valence-corrected chi connectivity index (χ2v) is 6.48. The number of carbonyl (C=O) groups excluding carboxylic acids is 1. The highest BCUT2D eigenvalue weighted by molar-refractivity contribution is 7.10. The third-order valence-corrected chi connectivity index (χ3v) is 4.97. The average Bonchev–Trinajstić information content (AvgIpc) is 2.87. The Labute approximate surface area is 124 Å². The summed E-state index contributed by atoms with van der Waals surface area (Å²) < 4.78 is 0. The number of carbonyl (C=O) groups is 1. The minimum Gasteiger partial charge on any atom is -0.299 e. The molecule has 2 aromatic rings. The summed E-state index contributed by atoms with van der Waals surface area (Å²) in [4.78, 5) is 15.4. The number of Topliss-reactive ketones (excluding diaryl/α,β-unsaturated/α-hetero) is 1. The Morgan fingerprint density at radius 2 is 2.10 bits per heavy atom. The van der Waals surface area contributed by atoms with Gasteiger partial charge in [0.2, 0.25) is 0 Å². The van der Waals surface area contributed by atoms with E-state index in [1.54, 1.807) is 6.92 Å². The van der Waals surface area contributed by atoms with Crippen molar-refractivity contribution in [2.24, 2.45) is 0 Å². The minimum absolute atomic E-state index is 0.232. The van der Waals surface area contributed by atoms with Gasteiger partial charge in [-0.05, 0) is 48.4 Å². The Hall–Kier alpha value is -1.45. The van der Waals surface area contributed by atoms with E-state index in [9.17, 15) is 4.79 Å². The summed E-state index contributed by atoms with van der Waals surface area (Å²) >= 11 is 1.84. The summed E-state index contributed by atoms with van der Waals surface area (Å²) in [5, 5.41) is 2.17. The van der Waals surface area contributed by atoms with Crippen molar-refractivity contribution in [2.75, 3.05) is 13.1 Å². The lowest BCUT2D eigenvalue weighted by Gasteiger charge is -2.36. The molecule has 0 fully saturated rings. The number of hydrogen-bond donors (Lipinski definition) is 0. The third kappa shape index (κ3) is 2.43. The van der Waals surface area contributed by atoms with Crippen LogP contribution in [0.15, 0.2) is 35.7 Å². The second-order valence-electron chi connectivity index (χ2n) is 5.48. The number of fused-ring (bicyclic) bond motifs is 1. The van der Waals surface area contributed by atoms with Gasteiger partial charge >= 0.3 is 0 Å².